The molecule has 106 valence electrons. The van der Waals surface area contributed by atoms with E-state index in [1.165, 1.54) is 0 Å². The maximum atomic E-state index is 13.9. The molecule has 0 aliphatic rings. The normalized spacial score (nSPS) is 10.8. The molecule has 0 atom stereocenters. The van der Waals surface area contributed by atoms with Gasteiger partial charge >= 0.3 is 0 Å². The average molecular weight is 275 g/mol. The molecule has 0 aliphatic carbocycles. The van der Waals surface area contributed by atoms with Gasteiger partial charge in [-0.05, 0) is 48.7 Å². The molecule has 0 radical (unpaired) electrons. The zero-order valence-corrected chi connectivity index (χ0v) is 12.1. The molecule has 0 bridgehead atoms. The van der Waals surface area contributed by atoms with E-state index in [0.29, 0.717) is 11.1 Å². The molecule has 1 nitrogen and oxygen atoms in total. The molecule has 0 spiro atoms. The van der Waals surface area contributed by atoms with Gasteiger partial charge in [-0.3, -0.25) is 0 Å². The summed E-state index contributed by atoms with van der Waals surface area (Å²) in [5.74, 6) is -1.02. The fourth-order valence-electron chi connectivity index (χ4n) is 2.27. The van der Waals surface area contributed by atoms with Gasteiger partial charge in [-0.1, -0.05) is 25.1 Å². The molecular formula is C17H19F2N. The summed E-state index contributed by atoms with van der Waals surface area (Å²) in [6, 6.07) is 8.44. The molecule has 2 aromatic rings. The number of benzene rings is 2. The predicted octanol–water partition coefficient (Wildman–Crippen LogP) is 4.36. The monoisotopic (exact) mass is 275 g/mol. The summed E-state index contributed by atoms with van der Waals surface area (Å²) >= 11 is 0. The number of halogens is 2. The van der Waals surface area contributed by atoms with Gasteiger partial charge in [-0.15, -0.1) is 0 Å². The topological polar surface area (TPSA) is 12.0 Å². The first-order chi connectivity index (χ1) is 9.52. The lowest BCUT2D eigenvalue weighted by Crippen LogP contribution is -2.11. The largest absolute Gasteiger partial charge is 0.313 e. The fraction of sp³-hybridized carbons (Fsp3) is 0.294. The second-order valence-electron chi connectivity index (χ2n) is 5.01. The Morgan fingerprint density at radius 2 is 1.65 bits per heavy atom. The Bertz CT molecular complexity index is 621. The molecule has 0 aliphatic heterocycles. The molecular weight excluding hydrogens is 256 g/mol. The number of rotatable bonds is 4. The van der Waals surface area contributed by atoms with Crippen molar-refractivity contribution in [3.05, 3.63) is 58.7 Å². The first-order valence-corrected chi connectivity index (χ1v) is 6.79. The van der Waals surface area contributed by atoms with E-state index in [4.69, 9.17) is 0 Å². The second-order valence-corrected chi connectivity index (χ2v) is 5.01. The van der Waals surface area contributed by atoms with Crippen molar-refractivity contribution in [2.24, 2.45) is 0 Å². The van der Waals surface area contributed by atoms with Crippen molar-refractivity contribution >= 4 is 0 Å². The van der Waals surface area contributed by atoms with Gasteiger partial charge in [0.25, 0.3) is 0 Å². The molecule has 0 aromatic heterocycles. The lowest BCUT2D eigenvalue weighted by molar-refractivity contribution is 0.579. The number of hydrogen-bond donors (Lipinski definition) is 1. The Hall–Kier alpha value is -1.74. The molecule has 2 aromatic carbocycles. The highest BCUT2D eigenvalue weighted by Gasteiger charge is 2.11. The van der Waals surface area contributed by atoms with Crippen LogP contribution in [-0.4, -0.2) is 6.54 Å². The highest BCUT2D eigenvalue weighted by molar-refractivity contribution is 5.69. The third-order valence-corrected chi connectivity index (χ3v) is 3.41. The van der Waals surface area contributed by atoms with Crippen molar-refractivity contribution in [1.29, 1.82) is 0 Å². The van der Waals surface area contributed by atoms with Gasteiger partial charge in [0.1, 0.15) is 11.6 Å². The van der Waals surface area contributed by atoms with Gasteiger partial charge < -0.3 is 5.32 Å². The van der Waals surface area contributed by atoms with E-state index < -0.39 is 11.6 Å². The highest BCUT2D eigenvalue weighted by Crippen LogP contribution is 2.28. The van der Waals surface area contributed by atoms with Crippen LogP contribution in [0.4, 0.5) is 8.78 Å². The van der Waals surface area contributed by atoms with Crippen LogP contribution in [0.5, 0.6) is 0 Å². The zero-order chi connectivity index (χ0) is 14.7. The van der Waals surface area contributed by atoms with E-state index in [1.807, 2.05) is 25.1 Å². The number of aryl methyl sites for hydroxylation is 2. The maximum Gasteiger partial charge on any atom is 0.133 e. The minimum Gasteiger partial charge on any atom is -0.313 e. The van der Waals surface area contributed by atoms with Crippen molar-refractivity contribution in [2.45, 2.75) is 27.3 Å². The van der Waals surface area contributed by atoms with Crippen LogP contribution in [0.15, 0.2) is 30.3 Å². The van der Waals surface area contributed by atoms with Crippen LogP contribution in [0.1, 0.15) is 23.6 Å². The van der Waals surface area contributed by atoms with Gasteiger partial charge in [-0.2, -0.15) is 0 Å². The second kappa shape index (κ2) is 6.14. The van der Waals surface area contributed by atoms with Crippen LogP contribution in [0.3, 0.4) is 0 Å². The summed E-state index contributed by atoms with van der Waals surface area (Å²) in [6.45, 7) is 7.35. The Kier molecular flexibility index (Phi) is 4.50. The standard InChI is InChI=1S/C17H19F2N/c1-4-20-10-13-5-6-14(11(2)7-13)15-8-12(3)16(18)9-17(15)19/h5-9,20H,4,10H2,1-3H3. The predicted molar refractivity (Wildman–Crippen MR) is 78.6 cm³/mol. The quantitative estimate of drug-likeness (QED) is 0.874. The fourth-order valence-corrected chi connectivity index (χ4v) is 2.27. The van der Waals surface area contributed by atoms with Gasteiger partial charge in [0.15, 0.2) is 0 Å². The third kappa shape index (κ3) is 3.05. The van der Waals surface area contributed by atoms with Gasteiger partial charge in [0, 0.05) is 18.2 Å². The average Bonchev–Trinajstić information content (AvgIpc) is 2.41. The van der Waals surface area contributed by atoms with E-state index in [1.54, 1.807) is 13.0 Å². The van der Waals surface area contributed by atoms with Gasteiger partial charge in [-0.25, -0.2) is 8.78 Å². The molecule has 3 heteroatoms. The van der Waals surface area contributed by atoms with E-state index >= 15 is 0 Å². The Morgan fingerprint density at radius 3 is 2.30 bits per heavy atom. The van der Waals surface area contributed by atoms with Gasteiger partial charge in [0.05, 0.1) is 0 Å². The molecule has 0 saturated heterocycles. The first-order valence-electron chi connectivity index (χ1n) is 6.79. The van der Waals surface area contributed by atoms with Gasteiger partial charge in [0.2, 0.25) is 0 Å². The number of nitrogens with one attached hydrogen (secondary N) is 1. The van der Waals surface area contributed by atoms with Crippen molar-refractivity contribution in [3.63, 3.8) is 0 Å². The van der Waals surface area contributed by atoms with Crippen LogP contribution in [0.25, 0.3) is 11.1 Å². The van der Waals surface area contributed by atoms with Crippen molar-refractivity contribution in [2.75, 3.05) is 6.54 Å². The summed E-state index contributed by atoms with van der Waals surface area (Å²) in [5, 5.41) is 3.26. The first kappa shape index (κ1) is 14.7. The summed E-state index contributed by atoms with van der Waals surface area (Å²) in [7, 11) is 0. The molecule has 0 saturated carbocycles. The van der Waals surface area contributed by atoms with E-state index in [-0.39, 0.29) is 0 Å². The van der Waals surface area contributed by atoms with Crippen molar-refractivity contribution in [3.8, 4) is 11.1 Å². The highest BCUT2D eigenvalue weighted by atomic mass is 19.1. The SMILES string of the molecule is CCNCc1ccc(-c2cc(C)c(F)cc2F)c(C)c1. The molecule has 0 heterocycles. The van der Waals surface area contributed by atoms with Crippen molar-refractivity contribution < 1.29 is 8.78 Å². The Labute approximate surface area is 118 Å². The maximum absolute atomic E-state index is 13.9. The van der Waals surface area contributed by atoms with E-state index in [9.17, 15) is 8.78 Å². The third-order valence-electron chi connectivity index (χ3n) is 3.41. The van der Waals surface area contributed by atoms with Crippen LogP contribution in [0, 0.1) is 25.5 Å². The minimum atomic E-state index is -0.518. The molecule has 2 rings (SSSR count). The Morgan fingerprint density at radius 1 is 0.900 bits per heavy atom. The zero-order valence-electron chi connectivity index (χ0n) is 12.1. The summed E-state index contributed by atoms with van der Waals surface area (Å²) in [6.07, 6.45) is 0. The van der Waals surface area contributed by atoms with E-state index in [2.05, 4.69) is 12.2 Å². The lowest BCUT2D eigenvalue weighted by Gasteiger charge is -2.11. The van der Waals surface area contributed by atoms with Crippen LogP contribution < -0.4 is 5.32 Å². The summed E-state index contributed by atoms with van der Waals surface area (Å²) in [5.41, 5.74) is 3.87. The summed E-state index contributed by atoms with van der Waals surface area (Å²) in [4.78, 5) is 0. The molecule has 1 N–H and O–H groups in total. The van der Waals surface area contributed by atoms with Crippen LogP contribution >= 0.6 is 0 Å². The minimum absolute atomic E-state index is 0.455. The lowest BCUT2D eigenvalue weighted by atomic mass is 9.96. The number of hydrogen-bond acceptors (Lipinski definition) is 1. The van der Waals surface area contributed by atoms with Crippen LogP contribution in [0.2, 0.25) is 0 Å². The smallest absolute Gasteiger partial charge is 0.133 e. The van der Waals surface area contributed by atoms with Crippen LogP contribution in [-0.2, 0) is 6.54 Å². The molecule has 0 unspecified atom stereocenters. The summed E-state index contributed by atoms with van der Waals surface area (Å²) < 4.78 is 27.3. The van der Waals surface area contributed by atoms with E-state index in [0.717, 1.165) is 35.8 Å². The molecule has 0 amide bonds. The molecule has 20 heavy (non-hydrogen) atoms. The Balaban J connectivity index is 2.41. The molecule has 0 fully saturated rings. The van der Waals surface area contributed by atoms with Crippen molar-refractivity contribution in [1.82, 2.24) is 5.32 Å².